The number of alkyl halides is 1. The minimum atomic E-state index is -0.170. The molecular formula is C11H13Br2NO2. The number of hydrogen-bond donors (Lipinski definition) is 2. The first-order valence-corrected chi connectivity index (χ1v) is 6.81. The zero-order chi connectivity index (χ0) is 12.1. The topological polar surface area (TPSA) is 49.3 Å². The average Bonchev–Trinajstić information content (AvgIpc) is 2.22. The summed E-state index contributed by atoms with van der Waals surface area (Å²) >= 11 is 6.49. The van der Waals surface area contributed by atoms with E-state index in [0.717, 1.165) is 11.8 Å². The summed E-state index contributed by atoms with van der Waals surface area (Å²) in [6.45, 7) is 1.94. The number of phenolic OH excluding ortho intramolecular Hbond substituents is 1. The second kappa shape index (κ2) is 6.25. The van der Waals surface area contributed by atoms with Crippen LogP contribution in [0.2, 0.25) is 0 Å². The SMILES string of the molecule is CC(CCBr)NC(=O)c1ccc(Br)c(O)c1. The molecule has 0 spiro atoms. The van der Waals surface area contributed by atoms with E-state index >= 15 is 0 Å². The number of aromatic hydroxyl groups is 1. The molecule has 1 atom stereocenters. The van der Waals surface area contributed by atoms with Crippen LogP contribution in [0.3, 0.4) is 0 Å². The Balaban J connectivity index is 2.69. The lowest BCUT2D eigenvalue weighted by molar-refractivity contribution is 0.0939. The lowest BCUT2D eigenvalue weighted by Crippen LogP contribution is -2.32. The average molecular weight is 351 g/mol. The summed E-state index contributed by atoms with van der Waals surface area (Å²) in [5.74, 6) is -0.1000. The molecule has 0 radical (unpaired) electrons. The molecule has 0 aliphatic rings. The Bertz CT molecular complexity index is 382. The predicted octanol–water partition coefficient (Wildman–Crippen LogP) is 3.06. The number of halogens is 2. The molecular weight excluding hydrogens is 338 g/mol. The maximum Gasteiger partial charge on any atom is 0.251 e. The van der Waals surface area contributed by atoms with Crippen LogP contribution >= 0.6 is 31.9 Å². The predicted molar refractivity (Wildman–Crippen MR) is 71.1 cm³/mol. The van der Waals surface area contributed by atoms with Crippen LogP contribution < -0.4 is 5.32 Å². The van der Waals surface area contributed by atoms with Gasteiger partial charge in [0, 0.05) is 16.9 Å². The molecule has 0 saturated heterocycles. The highest BCUT2D eigenvalue weighted by molar-refractivity contribution is 9.10. The van der Waals surface area contributed by atoms with Gasteiger partial charge in [-0.3, -0.25) is 4.79 Å². The van der Waals surface area contributed by atoms with Crippen LogP contribution in [-0.2, 0) is 0 Å². The van der Waals surface area contributed by atoms with Crippen LogP contribution in [-0.4, -0.2) is 22.4 Å². The molecule has 1 aromatic carbocycles. The number of amides is 1. The van der Waals surface area contributed by atoms with Gasteiger partial charge in [0.2, 0.25) is 0 Å². The first-order valence-electron chi connectivity index (χ1n) is 4.90. The van der Waals surface area contributed by atoms with Crippen LogP contribution in [0.4, 0.5) is 0 Å². The highest BCUT2D eigenvalue weighted by Crippen LogP contribution is 2.24. The Labute approximate surface area is 111 Å². The highest BCUT2D eigenvalue weighted by Gasteiger charge is 2.10. The molecule has 0 aliphatic heterocycles. The number of rotatable bonds is 4. The van der Waals surface area contributed by atoms with Gasteiger partial charge >= 0.3 is 0 Å². The minimum absolute atomic E-state index is 0.0702. The van der Waals surface area contributed by atoms with Gasteiger partial charge in [-0.2, -0.15) is 0 Å². The Morgan fingerprint density at radius 3 is 2.81 bits per heavy atom. The first kappa shape index (κ1) is 13.5. The van der Waals surface area contributed by atoms with E-state index in [1.165, 1.54) is 6.07 Å². The van der Waals surface area contributed by atoms with E-state index in [2.05, 4.69) is 37.2 Å². The molecule has 0 aliphatic carbocycles. The number of benzene rings is 1. The van der Waals surface area contributed by atoms with Gasteiger partial charge in [-0.05, 0) is 47.5 Å². The normalized spacial score (nSPS) is 12.2. The standard InChI is InChI=1S/C11H13Br2NO2/c1-7(4-5-12)14-11(16)8-2-3-9(13)10(15)6-8/h2-3,6-7,15H,4-5H2,1H3,(H,14,16). The summed E-state index contributed by atoms with van der Waals surface area (Å²) < 4.78 is 0.581. The van der Waals surface area contributed by atoms with E-state index in [9.17, 15) is 9.90 Å². The molecule has 0 saturated carbocycles. The molecule has 1 amide bonds. The van der Waals surface area contributed by atoms with Crippen molar-refractivity contribution in [3.63, 3.8) is 0 Å². The van der Waals surface area contributed by atoms with Gasteiger partial charge in [0.15, 0.2) is 0 Å². The van der Waals surface area contributed by atoms with Crippen LogP contribution in [0, 0.1) is 0 Å². The fourth-order valence-electron chi connectivity index (χ4n) is 1.20. The third kappa shape index (κ3) is 3.79. The second-order valence-electron chi connectivity index (χ2n) is 3.52. The Hall–Kier alpha value is -0.550. The Morgan fingerprint density at radius 1 is 1.56 bits per heavy atom. The summed E-state index contributed by atoms with van der Waals surface area (Å²) in [5, 5.41) is 13.1. The molecule has 88 valence electrons. The van der Waals surface area contributed by atoms with Gasteiger partial charge in [-0.25, -0.2) is 0 Å². The van der Waals surface area contributed by atoms with Crippen LogP contribution in [0.5, 0.6) is 5.75 Å². The third-order valence-corrected chi connectivity index (χ3v) is 3.26. The molecule has 3 nitrogen and oxygen atoms in total. The van der Waals surface area contributed by atoms with Gasteiger partial charge in [-0.1, -0.05) is 15.9 Å². The summed E-state index contributed by atoms with van der Waals surface area (Å²) in [5.41, 5.74) is 0.460. The van der Waals surface area contributed by atoms with Gasteiger partial charge in [0.25, 0.3) is 5.91 Å². The van der Waals surface area contributed by atoms with Crippen LogP contribution in [0.15, 0.2) is 22.7 Å². The van der Waals surface area contributed by atoms with Gasteiger partial charge < -0.3 is 10.4 Å². The Kier molecular flexibility index (Phi) is 5.28. The minimum Gasteiger partial charge on any atom is -0.507 e. The fraction of sp³-hybridized carbons (Fsp3) is 0.364. The maximum atomic E-state index is 11.7. The number of carbonyl (C=O) groups is 1. The lowest BCUT2D eigenvalue weighted by atomic mass is 10.2. The van der Waals surface area contributed by atoms with Crippen molar-refractivity contribution in [2.24, 2.45) is 0 Å². The van der Waals surface area contributed by atoms with Gasteiger partial charge in [0.05, 0.1) is 4.47 Å². The molecule has 0 heterocycles. The Morgan fingerprint density at radius 2 is 2.25 bits per heavy atom. The summed E-state index contributed by atoms with van der Waals surface area (Å²) in [7, 11) is 0. The largest absolute Gasteiger partial charge is 0.507 e. The summed E-state index contributed by atoms with van der Waals surface area (Å²) in [6.07, 6.45) is 0.869. The molecule has 1 rings (SSSR count). The number of hydrogen-bond acceptors (Lipinski definition) is 2. The number of phenols is 1. The van der Waals surface area contributed by atoms with Crippen molar-refractivity contribution in [2.75, 3.05) is 5.33 Å². The molecule has 16 heavy (non-hydrogen) atoms. The van der Waals surface area contributed by atoms with Crippen molar-refractivity contribution in [2.45, 2.75) is 19.4 Å². The number of carbonyl (C=O) groups excluding carboxylic acids is 1. The molecule has 0 fully saturated rings. The van der Waals surface area contributed by atoms with E-state index in [1.807, 2.05) is 6.92 Å². The molecule has 5 heteroatoms. The summed E-state index contributed by atoms with van der Waals surface area (Å²) in [4.78, 5) is 11.7. The number of nitrogens with one attached hydrogen (secondary N) is 1. The molecule has 0 bridgehead atoms. The van der Waals surface area contributed by atoms with E-state index in [4.69, 9.17) is 0 Å². The van der Waals surface area contributed by atoms with E-state index in [-0.39, 0.29) is 17.7 Å². The van der Waals surface area contributed by atoms with Crippen LogP contribution in [0.1, 0.15) is 23.7 Å². The first-order chi connectivity index (χ1) is 7.54. The highest BCUT2D eigenvalue weighted by atomic mass is 79.9. The van der Waals surface area contributed by atoms with Gasteiger partial charge in [0.1, 0.15) is 5.75 Å². The fourth-order valence-corrected chi connectivity index (χ4v) is 2.13. The van der Waals surface area contributed by atoms with E-state index < -0.39 is 0 Å². The van der Waals surface area contributed by atoms with Crippen molar-refractivity contribution in [1.82, 2.24) is 5.32 Å². The molecule has 0 aromatic heterocycles. The molecule has 2 N–H and O–H groups in total. The third-order valence-electron chi connectivity index (χ3n) is 2.13. The lowest BCUT2D eigenvalue weighted by Gasteiger charge is -2.12. The maximum absolute atomic E-state index is 11.7. The zero-order valence-electron chi connectivity index (χ0n) is 8.84. The smallest absolute Gasteiger partial charge is 0.251 e. The molecule has 1 unspecified atom stereocenters. The zero-order valence-corrected chi connectivity index (χ0v) is 12.0. The molecule has 1 aromatic rings. The van der Waals surface area contributed by atoms with Crippen molar-refractivity contribution >= 4 is 37.8 Å². The van der Waals surface area contributed by atoms with Crippen molar-refractivity contribution in [3.05, 3.63) is 28.2 Å². The quantitative estimate of drug-likeness (QED) is 0.820. The van der Waals surface area contributed by atoms with Crippen molar-refractivity contribution in [1.29, 1.82) is 0 Å². The van der Waals surface area contributed by atoms with E-state index in [0.29, 0.717) is 10.0 Å². The summed E-state index contributed by atoms with van der Waals surface area (Å²) in [6, 6.07) is 4.87. The monoisotopic (exact) mass is 349 g/mol. The van der Waals surface area contributed by atoms with Crippen molar-refractivity contribution < 1.29 is 9.90 Å². The van der Waals surface area contributed by atoms with Gasteiger partial charge in [-0.15, -0.1) is 0 Å². The van der Waals surface area contributed by atoms with Crippen molar-refractivity contribution in [3.8, 4) is 5.75 Å². The van der Waals surface area contributed by atoms with E-state index in [1.54, 1.807) is 12.1 Å². The second-order valence-corrected chi connectivity index (χ2v) is 5.17. The van der Waals surface area contributed by atoms with Crippen LogP contribution in [0.25, 0.3) is 0 Å².